The van der Waals surface area contributed by atoms with Crippen LogP contribution >= 0.6 is 11.6 Å². The van der Waals surface area contributed by atoms with Gasteiger partial charge in [0.15, 0.2) is 13.2 Å². The minimum Gasteiger partial charge on any atom is -0.482 e. The molecule has 2 rings (SSSR count). The number of ether oxygens (including phenoxy) is 2. The van der Waals surface area contributed by atoms with Gasteiger partial charge in [0, 0.05) is 5.02 Å². The Morgan fingerprint density at radius 3 is 2.21 bits per heavy atom. The highest BCUT2D eigenvalue weighted by atomic mass is 35.5. The second-order valence-electron chi connectivity index (χ2n) is 7.03. The smallest absolute Gasteiger partial charge is 0.344 e. The lowest BCUT2D eigenvalue weighted by Crippen LogP contribution is -2.31. The number of nitrogens with one attached hydrogen (secondary N) is 1. The maximum Gasteiger partial charge on any atom is 0.344 e. The van der Waals surface area contributed by atoms with Gasteiger partial charge in [-0.25, -0.2) is 4.79 Å². The molecule has 0 aliphatic rings. The highest BCUT2D eigenvalue weighted by Gasteiger charge is 2.12. The first kappa shape index (κ1) is 21.8. The molecule has 0 spiro atoms. The maximum atomic E-state index is 12.0. The second-order valence-corrected chi connectivity index (χ2v) is 7.47. The first-order valence-electron chi connectivity index (χ1n) is 9.25. The normalized spacial score (nSPS) is 11.8. The Morgan fingerprint density at radius 2 is 1.61 bits per heavy atom. The average Bonchev–Trinajstić information content (AvgIpc) is 2.66. The van der Waals surface area contributed by atoms with E-state index < -0.39 is 5.97 Å². The van der Waals surface area contributed by atoms with Gasteiger partial charge in [0.1, 0.15) is 5.75 Å². The van der Waals surface area contributed by atoms with Crippen molar-refractivity contribution in [3.8, 4) is 5.75 Å². The highest BCUT2D eigenvalue weighted by Crippen LogP contribution is 2.16. The number of halogens is 1. The Morgan fingerprint density at radius 1 is 0.964 bits per heavy atom. The molecule has 0 aliphatic heterocycles. The highest BCUT2D eigenvalue weighted by molar-refractivity contribution is 6.30. The summed E-state index contributed by atoms with van der Waals surface area (Å²) in [5.41, 5.74) is 2.27. The van der Waals surface area contributed by atoms with Gasteiger partial charge in [-0.1, -0.05) is 49.7 Å². The predicted molar refractivity (Wildman–Crippen MR) is 109 cm³/mol. The van der Waals surface area contributed by atoms with Crippen molar-refractivity contribution < 1.29 is 19.1 Å². The predicted octanol–water partition coefficient (Wildman–Crippen LogP) is 4.34. The third-order valence-corrected chi connectivity index (χ3v) is 4.29. The largest absolute Gasteiger partial charge is 0.482 e. The Balaban J connectivity index is 1.72. The van der Waals surface area contributed by atoms with Gasteiger partial charge in [0.2, 0.25) is 0 Å². The van der Waals surface area contributed by atoms with Crippen LogP contribution in [0.3, 0.4) is 0 Å². The molecule has 150 valence electrons. The fourth-order valence-electron chi connectivity index (χ4n) is 2.64. The van der Waals surface area contributed by atoms with Crippen molar-refractivity contribution in [2.45, 2.75) is 33.2 Å². The Hall–Kier alpha value is -2.53. The number of amides is 1. The minimum atomic E-state index is -0.615. The minimum absolute atomic E-state index is 0.176. The van der Waals surface area contributed by atoms with Gasteiger partial charge in [-0.2, -0.15) is 0 Å². The summed E-state index contributed by atoms with van der Waals surface area (Å²) < 4.78 is 10.2. The SMILES string of the molecule is CC(C)Cc1ccc([C@H](C)NC(=O)COC(=O)COc2ccc(Cl)cc2)cc1. The van der Waals surface area contributed by atoms with E-state index in [2.05, 4.69) is 31.3 Å². The van der Waals surface area contributed by atoms with Crippen molar-refractivity contribution in [3.05, 3.63) is 64.7 Å². The summed E-state index contributed by atoms with van der Waals surface area (Å²) in [6.45, 7) is 5.62. The molecule has 2 aromatic carbocycles. The van der Waals surface area contributed by atoms with E-state index >= 15 is 0 Å². The Bertz CT molecular complexity index is 772. The molecule has 0 aromatic heterocycles. The maximum absolute atomic E-state index is 12.0. The molecule has 6 heteroatoms. The molecule has 1 amide bonds. The third kappa shape index (κ3) is 7.61. The number of carbonyl (C=O) groups excluding carboxylic acids is 2. The van der Waals surface area contributed by atoms with Gasteiger partial charge < -0.3 is 14.8 Å². The zero-order valence-corrected chi connectivity index (χ0v) is 17.2. The second kappa shape index (κ2) is 10.7. The molecule has 1 N–H and O–H groups in total. The van der Waals surface area contributed by atoms with Crippen LogP contribution in [0.5, 0.6) is 5.75 Å². The van der Waals surface area contributed by atoms with Gasteiger partial charge in [-0.3, -0.25) is 4.79 Å². The van der Waals surface area contributed by atoms with Crippen LogP contribution in [-0.4, -0.2) is 25.1 Å². The zero-order chi connectivity index (χ0) is 20.5. The molecule has 0 saturated heterocycles. The van der Waals surface area contributed by atoms with Crippen molar-refractivity contribution in [3.63, 3.8) is 0 Å². The third-order valence-electron chi connectivity index (χ3n) is 4.04. The standard InChI is InChI=1S/C22H26ClNO4/c1-15(2)12-17-4-6-18(7-5-17)16(3)24-21(25)13-28-22(26)14-27-20-10-8-19(23)9-11-20/h4-11,15-16H,12-14H2,1-3H3,(H,24,25)/t16-/m0/s1. The van der Waals surface area contributed by atoms with E-state index in [4.69, 9.17) is 21.1 Å². The van der Waals surface area contributed by atoms with Crippen LogP contribution in [0, 0.1) is 5.92 Å². The molecule has 1 atom stereocenters. The number of carbonyl (C=O) groups is 2. The van der Waals surface area contributed by atoms with E-state index in [1.54, 1.807) is 24.3 Å². The van der Waals surface area contributed by atoms with Gasteiger partial charge in [0.05, 0.1) is 6.04 Å². The summed E-state index contributed by atoms with van der Waals surface area (Å²) in [5.74, 6) is 0.121. The summed E-state index contributed by atoms with van der Waals surface area (Å²) in [6, 6.07) is 14.6. The summed E-state index contributed by atoms with van der Waals surface area (Å²) >= 11 is 5.78. The van der Waals surface area contributed by atoms with E-state index in [-0.39, 0.29) is 25.2 Å². The molecule has 0 unspecified atom stereocenters. The van der Waals surface area contributed by atoms with Gasteiger partial charge in [0.25, 0.3) is 5.91 Å². The Kier molecular flexibility index (Phi) is 8.33. The molecule has 28 heavy (non-hydrogen) atoms. The van der Waals surface area contributed by atoms with Crippen molar-refractivity contribution in [1.82, 2.24) is 5.32 Å². The zero-order valence-electron chi connectivity index (χ0n) is 16.4. The summed E-state index contributed by atoms with van der Waals surface area (Å²) in [6.07, 6.45) is 1.02. The van der Waals surface area contributed by atoms with E-state index in [1.165, 1.54) is 5.56 Å². The molecule has 5 nitrogen and oxygen atoms in total. The lowest BCUT2D eigenvalue weighted by atomic mass is 10.00. The quantitative estimate of drug-likeness (QED) is 0.632. The lowest BCUT2D eigenvalue weighted by molar-refractivity contribution is -0.150. The summed E-state index contributed by atoms with van der Waals surface area (Å²) in [4.78, 5) is 23.7. The number of rotatable bonds is 9. The molecule has 2 aromatic rings. The lowest BCUT2D eigenvalue weighted by Gasteiger charge is -2.15. The molecule has 0 saturated carbocycles. The van der Waals surface area contributed by atoms with E-state index in [0.717, 1.165) is 12.0 Å². The molecule has 0 radical (unpaired) electrons. The fourth-order valence-corrected chi connectivity index (χ4v) is 2.77. The van der Waals surface area contributed by atoms with E-state index in [0.29, 0.717) is 16.7 Å². The van der Waals surface area contributed by atoms with Crippen molar-refractivity contribution in [2.75, 3.05) is 13.2 Å². The average molecular weight is 404 g/mol. The van der Waals surface area contributed by atoms with Crippen LogP contribution in [0.15, 0.2) is 48.5 Å². The fraction of sp³-hybridized carbons (Fsp3) is 0.364. The summed E-state index contributed by atoms with van der Waals surface area (Å²) in [7, 11) is 0. The molecule has 0 fully saturated rings. The number of hydrogen-bond acceptors (Lipinski definition) is 4. The molecule has 0 aliphatic carbocycles. The molecule has 0 heterocycles. The number of benzene rings is 2. The topological polar surface area (TPSA) is 64.6 Å². The van der Waals surface area contributed by atoms with Crippen LogP contribution in [0.25, 0.3) is 0 Å². The molecular weight excluding hydrogens is 378 g/mol. The summed E-state index contributed by atoms with van der Waals surface area (Å²) in [5, 5.41) is 3.40. The van der Waals surface area contributed by atoms with Crippen molar-refractivity contribution >= 4 is 23.5 Å². The molecule has 0 bridgehead atoms. The monoisotopic (exact) mass is 403 g/mol. The van der Waals surface area contributed by atoms with Crippen molar-refractivity contribution in [1.29, 1.82) is 0 Å². The van der Waals surface area contributed by atoms with E-state index in [1.807, 2.05) is 19.1 Å². The van der Waals surface area contributed by atoms with Gasteiger partial charge >= 0.3 is 5.97 Å². The van der Waals surface area contributed by atoms with Crippen molar-refractivity contribution in [2.24, 2.45) is 5.92 Å². The van der Waals surface area contributed by atoms with Crippen LogP contribution in [-0.2, 0) is 20.7 Å². The number of esters is 1. The first-order chi connectivity index (χ1) is 13.3. The number of hydrogen-bond donors (Lipinski definition) is 1. The van der Waals surface area contributed by atoms with E-state index in [9.17, 15) is 9.59 Å². The van der Waals surface area contributed by atoms with Gasteiger partial charge in [-0.15, -0.1) is 0 Å². The van der Waals surface area contributed by atoms with Gasteiger partial charge in [-0.05, 0) is 54.7 Å². The van der Waals surface area contributed by atoms with Crippen LogP contribution < -0.4 is 10.1 Å². The van der Waals surface area contributed by atoms with Crippen LogP contribution in [0.1, 0.15) is 37.9 Å². The Labute approximate surface area is 171 Å². The van der Waals surface area contributed by atoms with Crippen LogP contribution in [0.2, 0.25) is 5.02 Å². The molecular formula is C22H26ClNO4. The van der Waals surface area contributed by atoms with Crippen LogP contribution in [0.4, 0.5) is 0 Å². The first-order valence-corrected chi connectivity index (χ1v) is 9.63.